The molecule has 116 valence electrons. The van der Waals surface area contributed by atoms with Gasteiger partial charge in [0, 0.05) is 10.7 Å². The van der Waals surface area contributed by atoms with Gasteiger partial charge < -0.3 is 5.32 Å². The van der Waals surface area contributed by atoms with Crippen molar-refractivity contribution < 1.29 is 18.0 Å². The fourth-order valence-electron chi connectivity index (χ4n) is 2.17. The van der Waals surface area contributed by atoms with Crippen molar-refractivity contribution in [3.63, 3.8) is 0 Å². The Morgan fingerprint density at radius 1 is 1.32 bits per heavy atom. The Labute approximate surface area is 132 Å². The van der Waals surface area contributed by atoms with Crippen LogP contribution in [0.1, 0.15) is 10.9 Å². The van der Waals surface area contributed by atoms with Gasteiger partial charge in [-0.15, -0.1) is 11.8 Å². The summed E-state index contributed by atoms with van der Waals surface area (Å²) in [6.07, 6.45) is -3.23. The van der Waals surface area contributed by atoms with E-state index >= 15 is 0 Å². The first-order valence-electron chi connectivity index (χ1n) is 6.17. The van der Waals surface area contributed by atoms with Crippen LogP contribution in [0.2, 0.25) is 5.02 Å². The molecule has 4 nitrogen and oxygen atoms in total. The quantitative estimate of drug-likeness (QED) is 0.853. The van der Waals surface area contributed by atoms with E-state index in [9.17, 15) is 18.0 Å². The molecule has 1 atom stereocenters. The van der Waals surface area contributed by atoms with Crippen LogP contribution in [0.5, 0.6) is 0 Å². The van der Waals surface area contributed by atoms with Crippen molar-refractivity contribution in [3.05, 3.63) is 41.3 Å². The molecule has 1 amide bonds. The van der Waals surface area contributed by atoms with Crippen LogP contribution in [0, 0.1) is 0 Å². The summed E-state index contributed by atoms with van der Waals surface area (Å²) in [6.45, 7) is 0. The molecule has 0 saturated carbocycles. The summed E-state index contributed by atoms with van der Waals surface area (Å²) in [4.78, 5) is 15.5. The number of nitrogens with zero attached hydrogens (tertiary/aromatic N) is 2. The first kappa shape index (κ1) is 15.2. The number of hydrogen-bond donors (Lipinski definition) is 1. The molecular weight excluding hydrogens is 339 g/mol. The summed E-state index contributed by atoms with van der Waals surface area (Å²) in [5, 5.41) is 1.05. The maximum atomic E-state index is 13.3. The number of thioether (sulfide) groups is 1. The van der Waals surface area contributed by atoms with Gasteiger partial charge in [0.15, 0.2) is 5.82 Å². The predicted octanol–water partition coefficient (Wildman–Crippen LogP) is 3.81. The van der Waals surface area contributed by atoms with E-state index < -0.39 is 17.3 Å². The minimum Gasteiger partial charge on any atom is -0.308 e. The van der Waals surface area contributed by atoms with Crippen molar-refractivity contribution in [3.8, 4) is 5.69 Å². The minimum absolute atomic E-state index is 0.0627. The Morgan fingerprint density at radius 3 is 2.64 bits per heavy atom. The molecular formula is C13H9ClF3N3OS. The van der Waals surface area contributed by atoms with Gasteiger partial charge in [-0.05, 0) is 24.3 Å². The topological polar surface area (TPSA) is 46.9 Å². The number of nitrogens with one attached hydrogen (secondary N) is 1. The van der Waals surface area contributed by atoms with Crippen molar-refractivity contribution in [2.24, 2.45) is 0 Å². The summed E-state index contributed by atoms with van der Waals surface area (Å²) < 4.78 is 41.4. The second kappa shape index (κ2) is 5.51. The van der Waals surface area contributed by atoms with Gasteiger partial charge in [0.1, 0.15) is 11.6 Å². The molecule has 22 heavy (non-hydrogen) atoms. The second-order valence-corrected chi connectivity index (χ2v) is 6.14. The highest BCUT2D eigenvalue weighted by Crippen LogP contribution is 2.47. The lowest BCUT2D eigenvalue weighted by Gasteiger charge is -2.20. The van der Waals surface area contributed by atoms with Crippen molar-refractivity contribution in [1.82, 2.24) is 9.55 Å². The Bertz CT molecular complexity index is 714. The lowest BCUT2D eigenvalue weighted by molar-refractivity contribution is -0.130. The van der Waals surface area contributed by atoms with Crippen molar-refractivity contribution >= 4 is 35.1 Å². The van der Waals surface area contributed by atoms with E-state index in [4.69, 9.17) is 11.6 Å². The molecule has 1 aliphatic rings. The van der Waals surface area contributed by atoms with E-state index in [1.807, 2.05) is 0 Å². The van der Waals surface area contributed by atoms with E-state index in [1.165, 1.54) is 10.9 Å². The fraction of sp³-hybridized carbons (Fsp3) is 0.231. The highest BCUT2D eigenvalue weighted by atomic mass is 35.5. The molecule has 1 aromatic carbocycles. The number of fused-ring (bicyclic) bond motifs is 1. The van der Waals surface area contributed by atoms with Crippen molar-refractivity contribution in [2.45, 2.75) is 11.4 Å². The maximum absolute atomic E-state index is 13.3. The number of halogens is 4. The number of carbonyl (C=O) groups excluding carboxylic acids is 1. The van der Waals surface area contributed by atoms with Crippen LogP contribution in [0.3, 0.4) is 0 Å². The average Bonchev–Trinajstić information content (AvgIpc) is 2.74. The van der Waals surface area contributed by atoms with E-state index in [2.05, 4.69) is 10.3 Å². The zero-order valence-electron chi connectivity index (χ0n) is 10.9. The van der Waals surface area contributed by atoms with Gasteiger partial charge in [-0.1, -0.05) is 11.6 Å². The average molecular weight is 348 g/mol. The van der Waals surface area contributed by atoms with Crippen LogP contribution in [-0.4, -0.2) is 27.4 Å². The van der Waals surface area contributed by atoms with Crippen LogP contribution >= 0.6 is 23.4 Å². The van der Waals surface area contributed by atoms with E-state index in [0.717, 1.165) is 0 Å². The summed E-state index contributed by atoms with van der Waals surface area (Å²) >= 11 is 6.33. The van der Waals surface area contributed by atoms with E-state index in [-0.39, 0.29) is 17.3 Å². The first-order valence-corrected chi connectivity index (χ1v) is 7.60. The predicted molar refractivity (Wildman–Crippen MR) is 78.5 cm³/mol. The summed E-state index contributed by atoms with van der Waals surface area (Å²) in [7, 11) is 0. The number of rotatable bonds is 1. The van der Waals surface area contributed by atoms with Gasteiger partial charge >= 0.3 is 6.18 Å². The Kier molecular flexibility index (Phi) is 3.82. The summed E-state index contributed by atoms with van der Waals surface area (Å²) in [6, 6.07) is 6.34. The van der Waals surface area contributed by atoms with Gasteiger partial charge in [-0.3, -0.25) is 9.36 Å². The van der Waals surface area contributed by atoms with Crippen LogP contribution in [0.4, 0.5) is 19.0 Å². The number of aromatic nitrogens is 2. The second-order valence-electron chi connectivity index (χ2n) is 4.61. The SMILES string of the molecule is O=C1CS[C@H](C(F)(F)F)c2c(ncn2-c2ccc(Cl)cc2)N1. The van der Waals surface area contributed by atoms with Gasteiger partial charge in [-0.2, -0.15) is 13.2 Å². The molecule has 1 aromatic heterocycles. The first-order chi connectivity index (χ1) is 10.4. The molecule has 0 spiro atoms. The smallest absolute Gasteiger partial charge is 0.308 e. The van der Waals surface area contributed by atoms with Gasteiger partial charge in [0.2, 0.25) is 5.91 Å². The number of benzene rings is 1. The monoisotopic (exact) mass is 347 g/mol. The molecule has 9 heteroatoms. The lowest BCUT2D eigenvalue weighted by Crippen LogP contribution is -2.20. The molecule has 1 N–H and O–H groups in total. The van der Waals surface area contributed by atoms with Gasteiger partial charge in [-0.25, -0.2) is 4.98 Å². The van der Waals surface area contributed by atoms with Crippen LogP contribution in [0.25, 0.3) is 5.69 Å². The van der Waals surface area contributed by atoms with Gasteiger partial charge in [0.25, 0.3) is 0 Å². The Morgan fingerprint density at radius 2 is 2.00 bits per heavy atom. The molecule has 0 bridgehead atoms. The number of alkyl halides is 3. The largest absolute Gasteiger partial charge is 0.406 e. The van der Waals surface area contributed by atoms with Crippen LogP contribution in [-0.2, 0) is 4.79 Å². The molecule has 0 unspecified atom stereocenters. The number of imidazole rings is 1. The number of anilines is 1. The summed E-state index contributed by atoms with van der Waals surface area (Å²) in [5.74, 6) is -0.840. The van der Waals surface area contributed by atoms with Crippen molar-refractivity contribution in [2.75, 3.05) is 11.1 Å². The third-order valence-electron chi connectivity index (χ3n) is 3.09. The highest BCUT2D eigenvalue weighted by Gasteiger charge is 2.46. The fourth-order valence-corrected chi connectivity index (χ4v) is 3.26. The molecule has 2 aromatic rings. The molecule has 3 rings (SSSR count). The lowest BCUT2D eigenvalue weighted by atomic mass is 10.2. The molecule has 0 radical (unpaired) electrons. The minimum atomic E-state index is -4.49. The normalized spacial score (nSPS) is 18.5. The number of amides is 1. The standard InChI is InChI=1S/C13H9ClF3N3OS/c14-7-1-3-8(4-2-7)20-6-18-12-10(20)11(13(15,16)17)22-5-9(21)19-12/h1-4,6,11H,5H2,(H,19,21)/t11-/m0/s1. The molecule has 0 fully saturated rings. The van der Waals surface area contributed by atoms with Gasteiger partial charge in [0.05, 0.1) is 11.4 Å². The van der Waals surface area contributed by atoms with Crippen LogP contribution < -0.4 is 5.32 Å². The third kappa shape index (κ3) is 2.80. The summed E-state index contributed by atoms with van der Waals surface area (Å²) in [5.41, 5.74) is 0.398. The van der Waals surface area contributed by atoms with Crippen molar-refractivity contribution in [1.29, 1.82) is 0 Å². The molecule has 2 heterocycles. The highest BCUT2D eigenvalue weighted by molar-refractivity contribution is 8.00. The Balaban J connectivity index is 2.15. The zero-order chi connectivity index (χ0) is 15.9. The van der Waals surface area contributed by atoms with Crippen LogP contribution in [0.15, 0.2) is 30.6 Å². The number of carbonyl (C=O) groups is 1. The molecule has 0 aliphatic carbocycles. The maximum Gasteiger partial charge on any atom is 0.406 e. The molecule has 0 saturated heterocycles. The molecule has 1 aliphatic heterocycles. The zero-order valence-corrected chi connectivity index (χ0v) is 12.5. The third-order valence-corrected chi connectivity index (χ3v) is 4.60. The Hall–Kier alpha value is -1.67. The number of hydrogen-bond acceptors (Lipinski definition) is 3. The van der Waals surface area contributed by atoms with E-state index in [1.54, 1.807) is 24.3 Å². The van der Waals surface area contributed by atoms with E-state index in [0.29, 0.717) is 22.5 Å².